The molecule has 4 nitrogen and oxygen atoms in total. The molecule has 0 spiro atoms. The lowest BCUT2D eigenvalue weighted by Crippen LogP contribution is -2.21. The molecule has 0 atom stereocenters. The van der Waals surface area contributed by atoms with Crippen LogP contribution in [-0.2, 0) is 0 Å². The molecule has 0 N–H and O–H groups in total. The molecule has 1 amide bonds. The zero-order valence-corrected chi connectivity index (χ0v) is 12.7. The van der Waals surface area contributed by atoms with E-state index < -0.39 is 5.82 Å². The molecule has 0 saturated heterocycles. The van der Waals surface area contributed by atoms with Gasteiger partial charge in [-0.15, -0.1) is 0 Å². The highest BCUT2D eigenvalue weighted by Crippen LogP contribution is 2.32. The van der Waals surface area contributed by atoms with Crippen molar-refractivity contribution in [3.8, 4) is 11.3 Å². The Morgan fingerprint density at radius 1 is 1.27 bits per heavy atom. The van der Waals surface area contributed by atoms with E-state index in [1.54, 1.807) is 38.5 Å². The smallest absolute Gasteiger partial charge is 0.253 e. The third-order valence-corrected chi connectivity index (χ3v) is 3.55. The Morgan fingerprint density at radius 2 is 2.05 bits per heavy atom. The van der Waals surface area contributed by atoms with Crippen LogP contribution in [0, 0.1) is 5.82 Å². The summed E-state index contributed by atoms with van der Waals surface area (Å²) in [6.45, 7) is 0. The number of fused-ring (bicyclic) bond motifs is 1. The van der Waals surface area contributed by atoms with Gasteiger partial charge in [-0.3, -0.25) is 9.78 Å². The minimum absolute atomic E-state index is 0.254. The molecule has 0 aliphatic heterocycles. The van der Waals surface area contributed by atoms with Gasteiger partial charge in [0.05, 0.1) is 10.6 Å². The van der Waals surface area contributed by atoms with Crippen LogP contribution in [-0.4, -0.2) is 29.9 Å². The molecule has 0 radical (unpaired) electrons. The molecule has 3 aromatic rings. The molecule has 112 valence electrons. The third kappa shape index (κ3) is 2.44. The van der Waals surface area contributed by atoms with Crippen LogP contribution in [0.5, 0.6) is 0 Å². The molecular weight excluding hydrogens is 307 g/mol. The molecule has 0 aliphatic carbocycles. The van der Waals surface area contributed by atoms with Gasteiger partial charge in [0.2, 0.25) is 0 Å². The lowest BCUT2D eigenvalue weighted by molar-refractivity contribution is 0.0827. The van der Waals surface area contributed by atoms with Gasteiger partial charge in [0.15, 0.2) is 5.58 Å². The Balaban J connectivity index is 2.07. The zero-order chi connectivity index (χ0) is 15.9. The van der Waals surface area contributed by atoms with Gasteiger partial charge in [0.1, 0.15) is 17.1 Å². The summed E-state index contributed by atoms with van der Waals surface area (Å²) >= 11 is 6.02. The van der Waals surface area contributed by atoms with Gasteiger partial charge in [-0.1, -0.05) is 11.6 Å². The number of furan rings is 1. The van der Waals surface area contributed by atoms with Crippen molar-refractivity contribution in [1.82, 2.24) is 9.88 Å². The minimum Gasteiger partial charge on any atom is -0.453 e. The van der Waals surface area contributed by atoms with Crippen molar-refractivity contribution in [2.24, 2.45) is 0 Å². The fourth-order valence-corrected chi connectivity index (χ4v) is 2.34. The van der Waals surface area contributed by atoms with E-state index >= 15 is 0 Å². The van der Waals surface area contributed by atoms with Gasteiger partial charge >= 0.3 is 0 Å². The van der Waals surface area contributed by atoms with E-state index in [0.717, 1.165) is 0 Å². The molecule has 2 heterocycles. The molecule has 3 rings (SSSR count). The van der Waals surface area contributed by atoms with Crippen molar-refractivity contribution in [2.45, 2.75) is 0 Å². The highest BCUT2D eigenvalue weighted by Gasteiger charge is 2.16. The van der Waals surface area contributed by atoms with E-state index in [1.165, 1.54) is 17.0 Å². The molecule has 0 unspecified atom stereocenters. The Labute approximate surface area is 131 Å². The molecule has 0 fully saturated rings. The lowest BCUT2D eigenvalue weighted by atomic mass is 10.1. The number of carbonyl (C=O) groups is 1. The number of halogens is 2. The lowest BCUT2D eigenvalue weighted by Gasteiger charge is -2.10. The Kier molecular flexibility index (Phi) is 3.58. The monoisotopic (exact) mass is 318 g/mol. The van der Waals surface area contributed by atoms with Gasteiger partial charge in [0, 0.05) is 31.9 Å². The van der Waals surface area contributed by atoms with Crippen LogP contribution in [0.4, 0.5) is 4.39 Å². The first-order chi connectivity index (χ1) is 10.5. The number of hydrogen-bond acceptors (Lipinski definition) is 3. The number of rotatable bonds is 2. The molecule has 22 heavy (non-hydrogen) atoms. The largest absolute Gasteiger partial charge is 0.453 e. The second-order valence-corrected chi connectivity index (χ2v) is 5.42. The van der Waals surface area contributed by atoms with Crippen LogP contribution in [0.2, 0.25) is 5.02 Å². The van der Waals surface area contributed by atoms with E-state index in [1.807, 2.05) is 0 Å². The van der Waals surface area contributed by atoms with Crippen LogP contribution >= 0.6 is 11.6 Å². The summed E-state index contributed by atoms with van der Waals surface area (Å²) < 4.78 is 19.9. The zero-order valence-electron chi connectivity index (χ0n) is 11.9. The van der Waals surface area contributed by atoms with E-state index in [4.69, 9.17) is 16.0 Å². The number of carbonyl (C=O) groups excluding carboxylic acids is 1. The van der Waals surface area contributed by atoms with Crippen LogP contribution < -0.4 is 0 Å². The number of aromatic nitrogens is 1. The van der Waals surface area contributed by atoms with Gasteiger partial charge in [-0.25, -0.2) is 4.39 Å². The van der Waals surface area contributed by atoms with Crippen molar-refractivity contribution in [2.75, 3.05) is 14.1 Å². The van der Waals surface area contributed by atoms with Crippen molar-refractivity contribution in [3.63, 3.8) is 0 Å². The Bertz CT molecular complexity index is 874. The van der Waals surface area contributed by atoms with Crippen molar-refractivity contribution in [3.05, 3.63) is 52.9 Å². The summed E-state index contributed by atoms with van der Waals surface area (Å²) in [5.74, 6) is -0.486. The molecule has 2 aromatic heterocycles. The normalized spacial score (nSPS) is 10.9. The number of amides is 1. The molecular formula is C16H12ClFN2O2. The number of hydrogen-bond donors (Lipinski definition) is 0. The molecule has 0 aliphatic rings. The molecule has 0 saturated carbocycles. The topological polar surface area (TPSA) is 46.3 Å². The molecule has 1 aromatic carbocycles. The van der Waals surface area contributed by atoms with Crippen molar-refractivity contribution in [1.29, 1.82) is 0 Å². The maximum atomic E-state index is 14.3. The first-order valence-electron chi connectivity index (χ1n) is 6.53. The third-order valence-electron chi connectivity index (χ3n) is 3.25. The Morgan fingerprint density at radius 3 is 2.68 bits per heavy atom. The summed E-state index contributed by atoms with van der Waals surface area (Å²) in [5, 5.41) is 0.413. The first-order valence-corrected chi connectivity index (χ1v) is 6.91. The average molecular weight is 319 g/mol. The van der Waals surface area contributed by atoms with Crippen LogP contribution in [0.15, 0.2) is 40.9 Å². The van der Waals surface area contributed by atoms with E-state index in [9.17, 15) is 9.18 Å². The van der Waals surface area contributed by atoms with Crippen molar-refractivity contribution >= 4 is 28.6 Å². The Hall–Kier alpha value is -2.40. The predicted octanol–water partition coefficient (Wildman–Crippen LogP) is 3.99. The molecule has 6 heteroatoms. The highest BCUT2D eigenvalue weighted by atomic mass is 35.5. The second-order valence-electron chi connectivity index (χ2n) is 5.01. The van der Waals surface area contributed by atoms with Gasteiger partial charge in [0.25, 0.3) is 5.91 Å². The van der Waals surface area contributed by atoms with Crippen LogP contribution in [0.25, 0.3) is 22.4 Å². The van der Waals surface area contributed by atoms with Crippen LogP contribution in [0.1, 0.15) is 10.4 Å². The maximum Gasteiger partial charge on any atom is 0.253 e. The first kappa shape index (κ1) is 14.5. The molecule has 0 bridgehead atoms. The van der Waals surface area contributed by atoms with Crippen molar-refractivity contribution < 1.29 is 13.6 Å². The van der Waals surface area contributed by atoms with Gasteiger partial charge in [-0.05, 0) is 24.3 Å². The average Bonchev–Trinajstić information content (AvgIpc) is 2.91. The summed E-state index contributed by atoms with van der Waals surface area (Å²) in [6.07, 6.45) is 1.55. The SMILES string of the molecule is CN(C)C(=O)c1ccc(-c2cc3nccc(Cl)c3o2)c(F)c1. The predicted molar refractivity (Wildman–Crippen MR) is 82.4 cm³/mol. The fraction of sp³-hybridized carbons (Fsp3) is 0.125. The summed E-state index contributed by atoms with van der Waals surface area (Å²) in [6, 6.07) is 7.49. The number of pyridine rings is 1. The minimum atomic E-state index is -0.539. The standard InChI is InChI=1S/C16H12ClFN2O2/c1-20(2)16(21)9-3-4-10(12(18)7-9)14-8-13-15(22-14)11(17)5-6-19-13/h3-8H,1-2H3. The fourth-order valence-electron chi connectivity index (χ4n) is 2.15. The van der Waals surface area contributed by atoms with E-state index in [-0.39, 0.29) is 17.0 Å². The van der Waals surface area contributed by atoms with E-state index in [2.05, 4.69) is 4.98 Å². The summed E-state index contributed by atoms with van der Waals surface area (Å²) in [4.78, 5) is 17.4. The quantitative estimate of drug-likeness (QED) is 0.717. The second kappa shape index (κ2) is 5.42. The van der Waals surface area contributed by atoms with Crippen LogP contribution in [0.3, 0.4) is 0 Å². The van der Waals surface area contributed by atoms with Gasteiger partial charge in [-0.2, -0.15) is 0 Å². The maximum absolute atomic E-state index is 14.3. The number of benzene rings is 1. The van der Waals surface area contributed by atoms with Gasteiger partial charge < -0.3 is 9.32 Å². The summed E-state index contributed by atoms with van der Waals surface area (Å²) in [5.41, 5.74) is 1.49. The summed E-state index contributed by atoms with van der Waals surface area (Å²) in [7, 11) is 3.22. The number of nitrogens with zero attached hydrogens (tertiary/aromatic N) is 2. The van der Waals surface area contributed by atoms with E-state index in [0.29, 0.717) is 21.9 Å². The highest BCUT2D eigenvalue weighted by molar-refractivity contribution is 6.34.